The Balaban J connectivity index is 2.08. The van der Waals surface area contributed by atoms with E-state index in [1.54, 1.807) is 4.90 Å². The lowest BCUT2D eigenvalue weighted by molar-refractivity contribution is -0.138. The molecule has 0 aromatic carbocycles. The van der Waals surface area contributed by atoms with Gasteiger partial charge in [-0.2, -0.15) is 0 Å². The number of rotatable bonds is 5. The van der Waals surface area contributed by atoms with E-state index in [-0.39, 0.29) is 17.7 Å². The molecule has 2 amide bonds. The van der Waals surface area contributed by atoms with Gasteiger partial charge in [0, 0.05) is 41.8 Å². The van der Waals surface area contributed by atoms with Gasteiger partial charge in [0.1, 0.15) is 5.54 Å². The molecule has 1 saturated heterocycles. The number of nitrogens with zero attached hydrogens (tertiary/aromatic N) is 1. The molecule has 1 aliphatic carbocycles. The first kappa shape index (κ1) is 14.5. The highest BCUT2D eigenvalue weighted by Gasteiger charge is 2.50. The molecule has 0 bridgehead atoms. The Hall–Kier alpha value is -0.910. The third-order valence-electron chi connectivity index (χ3n) is 4.04. The van der Waals surface area contributed by atoms with Crippen LogP contribution in [0.4, 0.5) is 0 Å². The monoisotopic (exact) mass is 286 g/mol. The highest BCUT2D eigenvalue weighted by Crippen LogP contribution is 2.41. The standard InChI is InChI=1S/C13H22N2O3S/c1-3-19(18)9-8-15-7-6-11(16)14-13(2,12(15)17)10-4-5-10/h10H,3-9H2,1-2H3,(H,14,16). The molecule has 2 unspecified atom stereocenters. The maximum atomic E-state index is 12.6. The van der Waals surface area contributed by atoms with E-state index in [1.165, 1.54) is 0 Å². The van der Waals surface area contributed by atoms with Crippen LogP contribution in [-0.2, 0) is 20.4 Å². The molecule has 108 valence electrons. The molecule has 19 heavy (non-hydrogen) atoms. The van der Waals surface area contributed by atoms with Crippen LogP contribution in [-0.4, -0.2) is 51.1 Å². The quantitative estimate of drug-likeness (QED) is 0.789. The fraction of sp³-hybridized carbons (Fsp3) is 0.846. The summed E-state index contributed by atoms with van der Waals surface area (Å²) in [5.41, 5.74) is -0.749. The van der Waals surface area contributed by atoms with Crippen LogP contribution < -0.4 is 5.32 Å². The predicted octanol–water partition coefficient (Wildman–Crippen LogP) is 0.272. The van der Waals surface area contributed by atoms with Gasteiger partial charge in [-0.05, 0) is 25.7 Å². The van der Waals surface area contributed by atoms with Gasteiger partial charge in [0.05, 0.1) is 0 Å². The molecular weight excluding hydrogens is 264 g/mol. The number of hydrogen-bond acceptors (Lipinski definition) is 3. The normalized spacial score (nSPS) is 29.9. The second-order valence-electron chi connectivity index (χ2n) is 5.50. The Kier molecular flexibility index (Phi) is 4.28. The predicted molar refractivity (Wildman–Crippen MR) is 74.0 cm³/mol. The van der Waals surface area contributed by atoms with Gasteiger partial charge in [-0.25, -0.2) is 0 Å². The van der Waals surface area contributed by atoms with E-state index in [0.29, 0.717) is 31.0 Å². The third-order valence-corrected chi connectivity index (χ3v) is 5.33. The van der Waals surface area contributed by atoms with E-state index in [1.807, 2.05) is 13.8 Å². The molecule has 0 radical (unpaired) electrons. The summed E-state index contributed by atoms with van der Waals surface area (Å²) < 4.78 is 11.5. The number of nitrogens with one attached hydrogen (secondary N) is 1. The summed E-state index contributed by atoms with van der Waals surface area (Å²) in [6.07, 6.45) is 2.33. The molecule has 1 N–H and O–H groups in total. The SMILES string of the molecule is CCS(=O)CCN1CCC(=O)NC(C)(C2CC2)C1=O. The van der Waals surface area contributed by atoms with Gasteiger partial charge in [-0.15, -0.1) is 0 Å². The zero-order valence-electron chi connectivity index (χ0n) is 11.6. The largest absolute Gasteiger partial charge is 0.342 e. The molecule has 1 aliphatic heterocycles. The van der Waals surface area contributed by atoms with Crippen LogP contribution >= 0.6 is 0 Å². The van der Waals surface area contributed by atoms with Crippen LogP contribution in [0.1, 0.15) is 33.1 Å². The van der Waals surface area contributed by atoms with Crippen molar-refractivity contribution in [1.29, 1.82) is 0 Å². The van der Waals surface area contributed by atoms with Crippen LogP contribution in [0.3, 0.4) is 0 Å². The van der Waals surface area contributed by atoms with Crippen molar-refractivity contribution in [1.82, 2.24) is 10.2 Å². The highest BCUT2D eigenvalue weighted by molar-refractivity contribution is 7.84. The van der Waals surface area contributed by atoms with E-state index in [4.69, 9.17) is 0 Å². The summed E-state index contributed by atoms with van der Waals surface area (Å²) in [5, 5.41) is 2.89. The molecule has 0 aromatic heterocycles. The fourth-order valence-electron chi connectivity index (χ4n) is 2.58. The molecule has 0 spiro atoms. The van der Waals surface area contributed by atoms with E-state index < -0.39 is 16.3 Å². The third kappa shape index (κ3) is 3.16. The summed E-state index contributed by atoms with van der Waals surface area (Å²) in [6.45, 7) is 4.63. The Morgan fingerprint density at radius 3 is 2.68 bits per heavy atom. The van der Waals surface area contributed by atoms with Crippen molar-refractivity contribution in [3.63, 3.8) is 0 Å². The maximum Gasteiger partial charge on any atom is 0.248 e. The lowest BCUT2D eigenvalue weighted by Crippen LogP contribution is -2.57. The van der Waals surface area contributed by atoms with E-state index in [0.717, 1.165) is 12.8 Å². The molecular formula is C13H22N2O3S. The minimum absolute atomic E-state index is 0.00560. The Morgan fingerprint density at radius 2 is 2.11 bits per heavy atom. The first-order valence-corrected chi connectivity index (χ1v) is 8.41. The first-order chi connectivity index (χ1) is 8.97. The van der Waals surface area contributed by atoms with Crippen LogP contribution in [0.5, 0.6) is 0 Å². The molecule has 1 saturated carbocycles. The molecule has 0 aromatic rings. The summed E-state index contributed by atoms with van der Waals surface area (Å²) in [4.78, 5) is 26.1. The Morgan fingerprint density at radius 1 is 1.42 bits per heavy atom. The van der Waals surface area contributed by atoms with Gasteiger partial charge >= 0.3 is 0 Å². The fourth-order valence-corrected chi connectivity index (χ4v) is 3.29. The first-order valence-electron chi connectivity index (χ1n) is 6.92. The van der Waals surface area contributed by atoms with Crippen molar-refractivity contribution < 1.29 is 13.8 Å². The van der Waals surface area contributed by atoms with Crippen LogP contribution in [0, 0.1) is 5.92 Å². The van der Waals surface area contributed by atoms with Crippen molar-refractivity contribution in [3.8, 4) is 0 Å². The van der Waals surface area contributed by atoms with Gasteiger partial charge in [0.25, 0.3) is 0 Å². The lowest BCUT2D eigenvalue weighted by atomic mass is 9.94. The Bertz CT molecular complexity index is 409. The average Bonchev–Trinajstić information content (AvgIpc) is 3.21. The molecule has 1 heterocycles. The van der Waals surface area contributed by atoms with E-state index in [2.05, 4.69) is 5.32 Å². The molecule has 5 nitrogen and oxygen atoms in total. The van der Waals surface area contributed by atoms with Gasteiger partial charge in [-0.1, -0.05) is 6.92 Å². The number of carbonyl (C=O) groups excluding carboxylic acids is 2. The van der Waals surface area contributed by atoms with E-state index in [9.17, 15) is 13.8 Å². The molecule has 2 atom stereocenters. The average molecular weight is 286 g/mol. The minimum Gasteiger partial charge on any atom is -0.342 e. The van der Waals surface area contributed by atoms with Crippen molar-refractivity contribution in [2.45, 2.75) is 38.6 Å². The molecule has 2 fully saturated rings. The summed E-state index contributed by atoms with van der Waals surface area (Å²) in [7, 11) is -0.877. The highest BCUT2D eigenvalue weighted by atomic mass is 32.2. The van der Waals surface area contributed by atoms with Crippen molar-refractivity contribution in [2.75, 3.05) is 24.6 Å². The lowest BCUT2D eigenvalue weighted by Gasteiger charge is -2.32. The van der Waals surface area contributed by atoms with Crippen LogP contribution in [0.2, 0.25) is 0 Å². The number of amides is 2. The van der Waals surface area contributed by atoms with Crippen LogP contribution in [0.15, 0.2) is 0 Å². The summed E-state index contributed by atoms with van der Waals surface area (Å²) in [6, 6.07) is 0. The summed E-state index contributed by atoms with van der Waals surface area (Å²) >= 11 is 0. The van der Waals surface area contributed by atoms with Gasteiger partial charge in [0.2, 0.25) is 11.8 Å². The topological polar surface area (TPSA) is 66.5 Å². The number of carbonyl (C=O) groups is 2. The molecule has 2 rings (SSSR count). The van der Waals surface area contributed by atoms with Crippen LogP contribution in [0.25, 0.3) is 0 Å². The minimum atomic E-state index is -0.877. The second kappa shape index (κ2) is 5.61. The second-order valence-corrected chi connectivity index (χ2v) is 7.36. The summed E-state index contributed by atoms with van der Waals surface area (Å²) in [5.74, 6) is 1.31. The molecule has 6 heteroatoms. The van der Waals surface area contributed by atoms with Gasteiger partial charge in [0.15, 0.2) is 0 Å². The Labute approximate surface area is 116 Å². The van der Waals surface area contributed by atoms with Crippen molar-refractivity contribution in [2.24, 2.45) is 5.92 Å². The van der Waals surface area contributed by atoms with Crippen molar-refractivity contribution in [3.05, 3.63) is 0 Å². The van der Waals surface area contributed by atoms with Gasteiger partial charge < -0.3 is 10.2 Å². The van der Waals surface area contributed by atoms with Gasteiger partial charge in [-0.3, -0.25) is 13.8 Å². The van der Waals surface area contributed by atoms with E-state index >= 15 is 0 Å². The maximum absolute atomic E-state index is 12.6. The zero-order chi connectivity index (χ0) is 14.0. The smallest absolute Gasteiger partial charge is 0.248 e. The molecule has 2 aliphatic rings. The van der Waals surface area contributed by atoms with Crippen molar-refractivity contribution >= 4 is 22.6 Å². The zero-order valence-corrected chi connectivity index (χ0v) is 12.4. The number of hydrogen-bond donors (Lipinski definition) is 1.